The second-order valence-corrected chi connectivity index (χ2v) is 16.1. The first-order valence-corrected chi connectivity index (χ1v) is 21.2. The third-order valence-electron chi connectivity index (χ3n) is 12.5. The number of hydrogen-bond acceptors (Lipinski definition) is 0. The number of rotatable bonds is 5. The maximum absolute atomic E-state index is 2.34. The zero-order valence-electron chi connectivity index (χ0n) is 31.7. The summed E-state index contributed by atoms with van der Waals surface area (Å²) in [7, 11) is 0. The first-order chi connectivity index (χ1) is 21.2. The van der Waals surface area contributed by atoms with Crippen LogP contribution in [0.1, 0.15) is 245 Å². The molecular formula is C43H86BS. The Labute approximate surface area is 296 Å². The van der Waals surface area contributed by atoms with Crippen LogP contribution in [0.15, 0.2) is 0 Å². The van der Waals surface area contributed by atoms with Gasteiger partial charge in [0.15, 0.2) is 0 Å². The minimum atomic E-state index is 0. The Morgan fingerprint density at radius 2 is 0.444 bits per heavy atom. The fourth-order valence-electron chi connectivity index (χ4n) is 8.82. The van der Waals surface area contributed by atoms with Gasteiger partial charge in [-0.25, -0.2) is 0 Å². The van der Waals surface area contributed by atoms with Gasteiger partial charge in [0.2, 0.25) is 0 Å². The lowest BCUT2D eigenvalue weighted by molar-refractivity contribution is 0.224. The van der Waals surface area contributed by atoms with E-state index in [1.807, 2.05) is 0 Å². The summed E-state index contributed by atoms with van der Waals surface area (Å²) in [5.41, 5.74) is 0. The lowest BCUT2D eigenvalue weighted by Crippen LogP contribution is -2.16. The largest absolute Gasteiger partial charge is 0.197 e. The van der Waals surface area contributed by atoms with Gasteiger partial charge in [0, 0.05) is 8.41 Å². The first kappa shape index (κ1) is 45.4. The van der Waals surface area contributed by atoms with E-state index in [0.29, 0.717) is 0 Å². The molecule has 0 unspecified atom stereocenters. The Morgan fingerprint density at radius 3 is 0.622 bits per heavy atom. The third kappa shape index (κ3) is 25.1. The van der Waals surface area contributed by atoms with Crippen molar-refractivity contribution in [2.45, 2.75) is 245 Å². The maximum atomic E-state index is 2.34. The van der Waals surface area contributed by atoms with Crippen LogP contribution in [-0.2, 0) is 0 Å². The third-order valence-corrected chi connectivity index (χ3v) is 12.5. The van der Waals surface area contributed by atoms with E-state index in [1.165, 1.54) is 193 Å². The van der Waals surface area contributed by atoms with Gasteiger partial charge in [0.1, 0.15) is 0 Å². The fourth-order valence-corrected chi connectivity index (χ4v) is 8.82. The van der Waals surface area contributed by atoms with Gasteiger partial charge in [0.05, 0.1) is 0 Å². The van der Waals surface area contributed by atoms with Gasteiger partial charge in [-0.15, -0.1) is 0 Å². The highest BCUT2D eigenvalue weighted by molar-refractivity contribution is 7.59. The van der Waals surface area contributed by atoms with E-state index in [4.69, 9.17) is 0 Å². The molecule has 0 aromatic rings. The van der Waals surface area contributed by atoms with E-state index in [1.54, 1.807) is 32.1 Å². The van der Waals surface area contributed by atoms with E-state index >= 15 is 0 Å². The van der Waals surface area contributed by atoms with Crippen LogP contribution in [0.2, 0.25) is 0 Å². The molecule has 5 aliphatic carbocycles. The Bertz CT molecular complexity index is 490. The summed E-state index contributed by atoms with van der Waals surface area (Å²) in [6.07, 6.45) is 52.7. The molecule has 0 heterocycles. The van der Waals surface area contributed by atoms with Crippen molar-refractivity contribution < 1.29 is 0 Å². The molecule has 3 radical (unpaired) electrons. The Morgan fingerprint density at radius 1 is 0.267 bits per heavy atom. The summed E-state index contributed by atoms with van der Waals surface area (Å²) in [4.78, 5) is 0. The van der Waals surface area contributed by atoms with Gasteiger partial charge in [-0.3, -0.25) is 0 Å². The second-order valence-electron chi connectivity index (χ2n) is 16.1. The molecule has 5 aliphatic rings. The van der Waals surface area contributed by atoms with Crippen LogP contribution in [-0.4, -0.2) is 8.41 Å². The van der Waals surface area contributed by atoms with Crippen LogP contribution in [0.25, 0.3) is 0 Å². The molecule has 5 fully saturated rings. The topological polar surface area (TPSA) is 0 Å². The van der Waals surface area contributed by atoms with Crippen molar-refractivity contribution >= 4 is 21.9 Å². The average molecular weight is 646 g/mol. The predicted molar refractivity (Wildman–Crippen MR) is 212 cm³/mol. The lowest BCUT2D eigenvalue weighted by atomic mass is 9.76. The lowest BCUT2D eigenvalue weighted by Gasteiger charge is -2.30. The monoisotopic (exact) mass is 646 g/mol. The summed E-state index contributed by atoms with van der Waals surface area (Å²) in [5.74, 6) is 5.47. The summed E-state index contributed by atoms with van der Waals surface area (Å²) in [6, 6.07) is 0. The molecule has 5 rings (SSSR count). The van der Waals surface area contributed by atoms with E-state index in [-0.39, 0.29) is 21.9 Å². The minimum absolute atomic E-state index is 0. The molecule has 0 spiro atoms. The zero-order chi connectivity index (χ0) is 30.6. The highest BCUT2D eigenvalue weighted by atomic mass is 32.1. The molecular weight excluding hydrogens is 559 g/mol. The van der Waals surface area contributed by atoms with Crippen LogP contribution >= 0.6 is 13.5 Å². The summed E-state index contributed by atoms with van der Waals surface area (Å²) in [6.45, 7) is 7.02. The highest BCUT2D eigenvalue weighted by Crippen LogP contribution is 2.36. The zero-order valence-corrected chi connectivity index (χ0v) is 32.7. The van der Waals surface area contributed by atoms with Gasteiger partial charge in [-0.05, 0) is 36.0 Å². The standard InChI is InChI=1S/C13H24.3C10H20.B.H2S/c1-2-4-7-12(8-5-3-1)11-13-9-6-10-13;3*1-2-10-8-6-4-3-5-7-9-10;;/h12-13H,1-11H2;3*10H,2-9H2,1H3;;1H2. The molecule has 45 heavy (non-hydrogen) atoms. The molecule has 267 valence electrons. The van der Waals surface area contributed by atoms with E-state index < -0.39 is 0 Å². The smallest absolute Gasteiger partial charge is 0 e. The van der Waals surface area contributed by atoms with Gasteiger partial charge >= 0.3 is 0 Å². The Kier molecular flexibility index (Phi) is 33.2. The van der Waals surface area contributed by atoms with Gasteiger partial charge in [-0.1, -0.05) is 239 Å². The average Bonchev–Trinajstić information content (AvgIpc) is 2.93. The van der Waals surface area contributed by atoms with E-state index in [9.17, 15) is 0 Å². The van der Waals surface area contributed by atoms with Crippen LogP contribution in [0.5, 0.6) is 0 Å². The van der Waals surface area contributed by atoms with E-state index in [2.05, 4.69) is 20.8 Å². The van der Waals surface area contributed by atoms with Gasteiger partial charge in [0.25, 0.3) is 0 Å². The van der Waals surface area contributed by atoms with Crippen molar-refractivity contribution in [1.29, 1.82) is 0 Å². The second kappa shape index (κ2) is 32.9. The summed E-state index contributed by atoms with van der Waals surface area (Å²) >= 11 is 0. The van der Waals surface area contributed by atoms with Crippen molar-refractivity contribution in [2.24, 2.45) is 29.6 Å². The van der Waals surface area contributed by atoms with E-state index in [0.717, 1.165) is 29.6 Å². The van der Waals surface area contributed by atoms with Crippen molar-refractivity contribution in [2.75, 3.05) is 0 Å². The van der Waals surface area contributed by atoms with Gasteiger partial charge < -0.3 is 0 Å². The molecule has 0 nitrogen and oxygen atoms in total. The Hall–Kier alpha value is 0.415. The van der Waals surface area contributed by atoms with Crippen molar-refractivity contribution in [3.63, 3.8) is 0 Å². The molecule has 0 aliphatic heterocycles. The SMILES string of the molecule is C1CCCC(CC2CCC2)CCC1.CCC1CCCCCCC1.CCC1CCCCCCC1.CCC1CCCCCCC1.S.[B]. The van der Waals surface area contributed by atoms with Crippen LogP contribution in [0, 0.1) is 29.6 Å². The van der Waals surface area contributed by atoms with Gasteiger partial charge in [-0.2, -0.15) is 13.5 Å². The minimum Gasteiger partial charge on any atom is -0.197 e. The molecule has 2 heteroatoms. The van der Waals surface area contributed by atoms with Crippen molar-refractivity contribution in [1.82, 2.24) is 0 Å². The normalized spacial score (nSPS) is 23.8. The van der Waals surface area contributed by atoms with Crippen molar-refractivity contribution in [3.05, 3.63) is 0 Å². The molecule has 0 aromatic heterocycles. The summed E-state index contributed by atoms with van der Waals surface area (Å²) < 4.78 is 0. The number of hydrogen-bond donors (Lipinski definition) is 0. The van der Waals surface area contributed by atoms with Crippen molar-refractivity contribution in [3.8, 4) is 0 Å². The molecule has 0 atom stereocenters. The molecule has 0 N–H and O–H groups in total. The Balaban J connectivity index is 0.000000570. The quantitative estimate of drug-likeness (QED) is 0.261. The van der Waals surface area contributed by atoms with Crippen LogP contribution in [0.3, 0.4) is 0 Å². The molecule has 0 bridgehead atoms. The molecule has 0 amide bonds. The van der Waals surface area contributed by atoms with Crippen LogP contribution in [0.4, 0.5) is 0 Å². The maximum Gasteiger partial charge on any atom is 0 e. The highest BCUT2D eigenvalue weighted by Gasteiger charge is 2.22. The fraction of sp³-hybridized carbons (Fsp3) is 1.00. The molecule has 5 saturated carbocycles. The molecule has 0 aromatic carbocycles. The summed E-state index contributed by atoms with van der Waals surface area (Å²) in [5, 5.41) is 0. The first-order valence-electron chi connectivity index (χ1n) is 21.2. The predicted octanol–water partition coefficient (Wildman–Crippen LogP) is 15.5. The van der Waals surface area contributed by atoms with Crippen LogP contribution < -0.4 is 0 Å². The molecule has 0 saturated heterocycles.